The molecule has 0 aliphatic heterocycles. The van der Waals surface area contributed by atoms with Crippen LogP contribution in [0.5, 0.6) is 0 Å². The smallest absolute Gasteiger partial charge is 0.331 e. The molecule has 11 heteroatoms. The predicted octanol–water partition coefficient (Wildman–Crippen LogP) is 1.71. The normalized spacial score (nSPS) is 17.2. The number of amides is 1. The lowest BCUT2D eigenvalue weighted by molar-refractivity contribution is -0.118. The summed E-state index contributed by atoms with van der Waals surface area (Å²) in [7, 11) is 0. The Morgan fingerprint density at radius 2 is 1.94 bits per heavy atom. The van der Waals surface area contributed by atoms with Crippen LogP contribution >= 0.6 is 0 Å². The van der Waals surface area contributed by atoms with Gasteiger partial charge in [0.15, 0.2) is 5.65 Å². The molecule has 6 rings (SSSR count). The largest absolute Gasteiger partial charge is 0.388 e. The number of hydrogen-bond donors (Lipinski definition) is 2. The second-order valence-electron chi connectivity index (χ2n) is 8.75. The van der Waals surface area contributed by atoms with Gasteiger partial charge in [-0.25, -0.2) is 14.8 Å². The van der Waals surface area contributed by atoms with E-state index < -0.39 is 23.7 Å². The zero-order valence-electron chi connectivity index (χ0n) is 18.9. The summed E-state index contributed by atoms with van der Waals surface area (Å²) in [5.41, 5.74) is 9.06. The lowest BCUT2D eigenvalue weighted by Gasteiger charge is -2.29. The van der Waals surface area contributed by atoms with E-state index in [1.807, 2.05) is 24.3 Å². The number of fused-ring (bicyclic) bond motifs is 3. The Hall–Kier alpha value is -4.82. The molecule has 0 saturated carbocycles. The quantitative estimate of drug-likeness (QED) is 0.396. The van der Waals surface area contributed by atoms with Crippen molar-refractivity contribution < 1.29 is 9.90 Å². The Labute approximate surface area is 203 Å². The Morgan fingerprint density at radius 1 is 1.14 bits per heavy atom. The van der Waals surface area contributed by atoms with Crippen LogP contribution < -0.4 is 11.4 Å². The number of nitriles is 1. The standard InChI is InChI=1S/C25H20N8O3/c26-10-14-5-6-17-19(9-14)32(13-29-17)24-28-11-20-23(30-24)33(25(36)31(20)12-22(27)35)18-7-8-21(34)16-4-2-1-3-15(16)18/h1-6,9,11,13,18,21,34H,7-8,12H2,(H2,27,35)/t18-,21-/m1/s1. The summed E-state index contributed by atoms with van der Waals surface area (Å²) >= 11 is 0. The number of rotatable bonds is 4. The molecule has 0 spiro atoms. The molecule has 0 saturated heterocycles. The molecule has 0 unspecified atom stereocenters. The predicted molar refractivity (Wildman–Crippen MR) is 129 cm³/mol. The van der Waals surface area contributed by atoms with Crippen molar-refractivity contribution in [3.8, 4) is 12.0 Å². The van der Waals surface area contributed by atoms with Crippen LogP contribution in [-0.2, 0) is 11.3 Å². The Kier molecular flexibility index (Phi) is 4.91. The molecule has 0 bridgehead atoms. The molecular weight excluding hydrogens is 460 g/mol. The number of carbonyl (C=O) groups is 1. The fourth-order valence-electron chi connectivity index (χ4n) is 5.00. The molecule has 0 fully saturated rings. The zero-order chi connectivity index (χ0) is 25.0. The van der Waals surface area contributed by atoms with E-state index in [2.05, 4.69) is 16.0 Å². The molecule has 0 radical (unpaired) electrons. The van der Waals surface area contributed by atoms with Gasteiger partial charge in [0, 0.05) is 0 Å². The number of aliphatic hydroxyl groups excluding tert-OH is 1. The lowest BCUT2D eigenvalue weighted by atomic mass is 9.85. The highest BCUT2D eigenvalue weighted by molar-refractivity contribution is 5.80. The minimum atomic E-state index is -0.663. The van der Waals surface area contributed by atoms with Crippen LogP contribution in [0.4, 0.5) is 0 Å². The number of nitrogens with two attached hydrogens (primary N) is 1. The van der Waals surface area contributed by atoms with Gasteiger partial charge in [-0.15, -0.1) is 0 Å². The first-order valence-corrected chi connectivity index (χ1v) is 11.4. The van der Waals surface area contributed by atoms with E-state index in [1.165, 1.54) is 10.8 Å². The van der Waals surface area contributed by atoms with Crippen LogP contribution in [0, 0.1) is 11.3 Å². The summed E-state index contributed by atoms with van der Waals surface area (Å²) in [5.74, 6) is -0.404. The van der Waals surface area contributed by atoms with Crippen molar-refractivity contribution in [3.63, 3.8) is 0 Å². The number of aromatic nitrogens is 6. The average Bonchev–Trinajstić information content (AvgIpc) is 3.42. The molecule has 1 aliphatic rings. The van der Waals surface area contributed by atoms with Gasteiger partial charge in [0.2, 0.25) is 11.9 Å². The maximum absolute atomic E-state index is 13.6. The minimum Gasteiger partial charge on any atom is -0.388 e. The van der Waals surface area contributed by atoms with E-state index in [1.54, 1.807) is 33.7 Å². The van der Waals surface area contributed by atoms with E-state index in [0.717, 1.165) is 11.1 Å². The summed E-state index contributed by atoms with van der Waals surface area (Å²) in [6.45, 7) is -0.318. The third kappa shape index (κ3) is 3.27. The van der Waals surface area contributed by atoms with Crippen LogP contribution in [0.15, 0.2) is 59.8 Å². The molecule has 1 aliphatic carbocycles. The molecule has 3 aromatic heterocycles. The first kappa shape index (κ1) is 21.7. The minimum absolute atomic E-state index is 0.259. The molecule has 3 heterocycles. The summed E-state index contributed by atoms with van der Waals surface area (Å²) < 4.78 is 4.47. The van der Waals surface area contributed by atoms with Crippen molar-refractivity contribution in [2.45, 2.75) is 31.5 Å². The highest BCUT2D eigenvalue weighted by atomic mass is 16.3. The number of primary amides is 1. The maximum atomic E-state index is 13.6. The van der Waals surface area contributed by atoms with Crippen LogP contribution in [-0.4, -0.2) is 39.7 Å². The second kappa shape index (κ2) is 8.14. The topological polar surface area (TPSA) is 158 Å². The van der Waals surface area contributed by atoms with Crippen molar-refractivity contribution in [2.75, 3.05) is 0 Å². The van der Waals surface area contributed by atoms with E-state index in [9.17, 15) is 20.0 Å². The van der Waals surface area contributed by atoms with Gasteiger partial charge < -0.3 is 10.8 Å². The van der Waals surface area contributed by atoms with Gasteiger partial charge in [-0.3, -0.25) is 18.5 Å². The van der Waals surface area contributed by atoms with Gasteiger partial charge in [0.05, 0.1) is 41.0 Å². The Morgan fingerprint density at radius 3 is 2.72 bits per heavy atom. The average molecular weight is 480 g/mol. The number of imidazole rings is 2. The van der Waals surface area contributed by atoms with Gasteiger partial charge in [-0.1, -0.05) is 24.3 Å². The molecule has 2 aromatic carbocycles. The molecule has 36 heavy (non-hydrogen) atoms. The van der Waals surface area contributed by atoms with Crippen molar-refractivity contribution in [1.82, 2.24) is 28.7 Å². The van der Waals surface area contributed by atoms with E-state index in [0.29, 0.717) is 40.6 Å². The van der Waals surface area contributed by atoms with E-state index in [4.69, 9.17) is 10.7 Å². The summed E-state index contributed by atoms with van der Waals surface area (Å²) in [4.78, 5) is 39.0. The fourth-order valence-corrected chi connectivity index (χ4v) is 5.00. The number of benzene rings is 2. The van der Waals surface area contributed by atoms with Crippen LogP contribution in [0.3, 0.4) is 0 Å². The Bertz CT molecular complexity index is 1770. The molecule has 5 aromatic rings. The monoisotopic (exact) mass is 480 g/mol. The van der Waals surface area contributed by atoms with Crippen molar-refractivity contribution in [3.05, 3.63) is 82.2 Å². The summed E-state index contributed by atoms with van der Waals surface area (Å²) in [5, 5.41) is 19.8. The van der Waals surface area contributed by atoms with E-state index in [-0.39, 0.29) is 12.5 Å². The van der Waals surface area contributed by atoms with Crippen molar-refractivity contribution >= 4 is 28.1 Å². The highest BCUT2D eigenvalue weighted by Gasteiger charge is 2.31. The first-order chi connectivity index (χ1) is 17.5. The van der Waals surface area contributed by atoms with Crippen molar-refractivity contribution in [2.24, 2.45) is 5.73 Å². The lowest BCUT2D eigenvalue weighted by Crippen LogP contribution is -2.33. The van der Waals surface area contributed by atoms with Gasteiger partial charge >= 0.3 is 5.69 Å². The molecule has 2 atom stereocenters. The third-order valence-corrected chi connectivity index (χ3v) is 6.64. The molecule has 1 amide bonds. The molecule has 3 N–H and O–H groups in total. The second-order valence-corrected chi connectivity index (χ2v) is 8.75. The third-order valence-electron chi connectivity index (χ3n) is 6.64. The first-order valence-electron chi connectivity index (χ1n) is 11.4. The zero-order valence-corrected chi connectivity index (χ0v) is 18.9. The van der Waals surface area contributed by atoms with Crippen LogP contribution in [0.1, 0.15) is 41.7 Å². The van der Waals surface area contributed by atoms with Gasteiger partial charge in [0.25, 0.3) is 0 Å². The fraction of sp³-hybridized carbons (Fsp3) is 0.200. The number of carbonyl (C=O) groups excluding carboxylic acids is 1. The highest BCUT2D eigenvalue weighted by Crippen LogP contribution is 2.38. The van der Waals surface area contributed by atoms with Gasteiger partial charge in [-0.05, 0) is 42.2 Å². The van der Waals surface area contributed by atoms with Gasteiger partial charge in [-0.2, -0.15) is 10.2 Å². The summed E-state index contributed by atoms with van der Waals surface area (Å²) in [6.07, 6.45) is 3.40. The van der Waals surface area contributed by atoms with E-state index >= 15 is 0 Å². The number of nitrogens with zero attached hydrogens (tertiary/aromatic N) is 7. The summed E-state index contributed by atoms with van der Waals surface area (Å²) in [6, 6.07) is 14.3. The Balaban J connectivity index is 1.61. The number of aliphatic hydroxyl groups is 1. The molecule has 178 valence electrons. The molecule has 11 nitrogen and oxygen atoms in total. The molecular formula is C25H20N8O3. The number of hydrogen-bond acceptors (Lipinski definition) is 7. The SMILES string of the molecule is N#Cc1ccc2ncn(-c3ncc4c(n3)n([C@@H]3CC[C@@H](O)c5ccccc53)c(=O)n4CC(N)=O)c2c1. The van der Waals surface area contributed by atoms with Crippen molar-refractivity contribution in [1.29, 1.82) is 5.26 Å². The van der Waals surface area contributed by atoms with Crippen LogP contribution in [0.2, 0.25) is 0 Å². The van der Waals surface area contributed by atoms with Crippen LogP contribution in [0.25, 0.3) is 28.1 Å². The maximum Gasteiger partial charge on any atom is 0.331 e. The van der Waals surface area contributed by atoms with Gasteiger partial charge in [0.1, 0.15) is 18.4 Å².